The molecule has 16 heavy (non-hydrogen) atoms. The fourth-order valence-electron chi connectivity index (χ4n) is 1.64. The summed E-state index contributed by atoms with van der Waals surface area (Å²) in [6.45, 7) is 0. The lowest BCUT2D eigenvalue weighted by molar-refractivity contribution is -0.142. The van der Waals surface area contributed by atoms with Gasteiger partial charge in [-0.15, -0.1) is 0 Å². The minimum atomic E-state index is -0.662. The number of carboxylic acid groups (broad SMARTS) is 1. The largest absolute Gasteiger partial charge is 0.481 e. The van der Waals surface area contributed by atoms with Crippen molar-refractivity contribution in [3.05, 3.63) is 35.9 Å². The van der Waals surface area contributed by atoms with Crippen LogP contribution in [0.2, 0.25) is 0 Å². The highest BCUT2D eigenvalue weighted by atomic mass is 32.2. The third kappa shape index (κ3) is 4.71. The molecule has 2 nitrogen and oxygen atoms in total. The summed E-state index contributed by atoms with van der Waals surface area (Å²) < 4.78 is 0. The van der Waals surface area contributed by atoms with E-state index in [-0.39, 0.29) is 5.92 Å². The molecule has 1 N–H and O–H groups in total. The number of aryl methyl sites for hydroxylation is 1. The molecule has 0 aliphatic heterocycles. The van der Waals surface area contributed by atoms with Crippen molar-refractivity contribution >= 4 is 17.7 Å². The first-order valence-electron chi connectivity index (χ1n) is 5.49. The third-order valence-corrected chi connectivity index (χ3v) is 3.29. The maximum absolute atomic E-state index is 11.0. The van der Waals surface area contributed by atoms with E-state index in [1.807, 2.05) is 36.6 Å². The second-order valence-corrected chi connectivity index (χ2v) is 4.83. The van der Waals surface area contributed by atoms with Gasteiger partial charge in [-0.3, -0.25) is 4.79 Å². The molecule has 1 aromatic carbocycles. The SMILES string of the molecule is CSCCC(CCc1ccccc1)C(=O)O. The van der Waals surface area contributed by atoms with Crippen molar-refractivity contribution in [3.8, 4) is 0 Å². The van der Waals surface area contributed by atoms with Crippen LogP contribution in [0.3, 0.4) is 0 Å². The topological polar surface area (TPSA) is 37.3 Å². The Hall–Kier alpha value is -0.960. The summed E-state index contributed by atoms with van der Waals surface area (Å²) in [5, 5.41) is 9.07. The lowest BCUT2D eigenvalue weighted by Gasteiger charge is -2.11. The molecule has 0 bridgehead atoms. The fourth-order valence-corrected chi connectivity index (χ4v) is 2.16. The van der Waals surface area contributed by atoms with Crippen LogP contribution in [0.5, 0.6) is 0 Å². The number of hydrogen-bond acceptors (Lipinski definition) is 2. The van der Waals surface area contributed by atoms with Gasteiger partial charge in [-0.2, -0.15) is 11.8 Å². The van der Waals surface area contributed by atoms with E-state index in [4.69, 9.17) is 5.11 Å². The molecule has 3 heteroatoms. The Kier molecular flexibility index (Phi) is 6.01. The number of carbonyl (C=O) groups is 1. The molecular weight excluding hydrogens is 220 g/mol. The fraction of sp³-hybridized carbons (Fsp3) is 0.462. The van der Waals surface area contributed by atoms with Crippen molar-refractivity contribution in [1.29, 1.82) is 0 Å². The smallest absolute Gasteiger partial charge is 0.306 e. The number of benzene rings is 1. The molecule has 0 saturated heterocycles. The van der Waals surface area contributed by atoms with Crippen LogP contribution in [0.1, 0.15) is 18.4 Å². The number of hydrogen-bond donors (Lipinski definition) is 1. The van der Waals surface area contributed by atoms with E-state index in [9.17, 15) is 4.79 Å². The standard InChI is InChI=1S/C13H18O2S/c1-16-10-9-12(13(14)15)8-7-11-5-3-2-4-6-11/h2-6,12H,7-10H2,1H3,(H,14,15). The van der Waals surface area contributed by atoms with Gasteiger partial charge < -0.3 is 5.11 Å². The monoisotopic (exact) mass is 238 g/mol. The third-order valence-electron chi connectivity index (χ3n) is 2.64. The lowest BCUT2D eigenvalue weighted by atomic mass is 9.97. The zero-order chi connectivity index (χ0) is 11.8. The first kappa shape index (κ1) is 13.1. The molecule has 0 saturated carbocycles. The molecular formula is C13H18O2S. The zero-order valence-corrected chi connectivity index (χ0v) is 10.4. The average Bonchev–Trinajstić information content (AvgIpc) is 2.30. The Morgan fingerprint density at radius 2 is 2.00 bits per heavy atom. The van der Waals surface area contributed by atoms with E-state index in [1.165, 1.54) is 5.56 Å². The van der Waals surface area contributed by atoms with Crippen LogP contribution in [0.15, 0.2) is 30.3 Å². The Morgan fingerprint density at radius 3 is 2.56 bits per heavy atom. The molecule has 0 fully saturated rings. The Morgan fingerprint density at radius 1 is 1.31 bits per heavy atom. The first-order chi connectivity index (χ1) is 7.74. The molecule has 1 unspecified atom stereocenters. The van der Waals surface area contributed by atoms with Gasteiger partial charge in [0.1, 0.15) is 0 Å². The Balaban J connectivity index is 2.41. The average molecular weight is 238 g/mol. The highest BCUT2D eigenvalue weighted by molar-refractivity contribution is 7.98. The number of rotatable bonds is 7. The molecule has 0 aromatic heterocycles. The van der Waals surface area contributed by atoms with Gasteiger partial charge in [-0.05, 0) is 36.8 Å². The summed E-state index contributed by atoms with van der Waals surface area (Å²) in [6, 6.07) is 10.1. The molecule has 0 amide bonds. The van der Waals surface area contributed by atoms with Gasteiger partial charge in [0.2, 0.25) is 0 Å². The second-order valence-electron chi connectivity index (χ2n) is 3.84. The van der Waals surface area contributed by atoms with Crippen molar-refractivity contribution < 1.29 is 9.90 Å². The van der Waals surface area contributed by atoms with E-state index in [2.05, 4.69) is 0 Å². The van der Waals surface area contributed by atoms with Crippen LogP contribution < -0.4 is 0 Å². The predicted octanol–water partition coefficient (Wildman–Crippen LogP) is 3.07. The van der Waals surface area contributed by atoms with E-state index in [1.54, 1.807) is 11.8 Å². The summed E-state index contributed by atoms with van der Waals surface area (Å²) in [4.78, 5) is 11.0. The van der Waals surface area contributed by atoms with Crippen molar-refractivity contribution in [1.82, 2.24) is 0 Å². The molecule has 88 valence electrons. The summed E-state index contributed by atoms with van der Waals surface area (Å²) in [5.41, 5.74) is 1.22. The molecule has 0 aliphatic rings. The molecule has 0 aliphatic carbocycles. The van der Waals surface area contributed by atoms with Crippen LogP contribution in [0.4, 0.5) is 0 Å². The van der Waals surface area contributed by atoms with Gasteiger partial charge in [0, 0.05) is 0 Å². The van der Waals surface area contributed by atoms with E-state index in [0.29, 0.717) is 0 Å². The summed E-state index contributed by atoms with van der Waals surface area (Å²) in [5.74, 6) is 0.0591. The molecule has 0 heterocycles. The van der Waals surface area contributed by atoms with Crippen LogP contribution in [0.25, 0.3) is 0 Å². The molecule has 0 radical (unpaired) electrons. The van der Waals surface area contributed by atoms with Crippen molar-refractivity contribution in [3.63, 3.8) is 0 Å². The minimum Gasteiger partial charge on any atom is -0.481 e. The highest BCUT2D eigenvalue weighted by Gasteiger charge is 2.16. The zero-order valence-electron chi connectivity index (χ0n) is 9.56. The van der Waals surface area contributed by atoms with Gasteiger partial charge in [0.15, 0.2) is 0 Å². The quantitative estimate of drug-likeness (QED) is 0.793. The van der Waals surface area contributed by atoms with Crippen molar-refractivity contribution in [2.45, 2.75) is 19.3 Å². The summed E-state index contributed by atoms with van der Waals surface area (Å²) in [6.07, 6.45) is 4.37. The van der Waals surface area contributed by atoms with E-state index < -0.39 is 5.97 Å². The van der Waals surface area contributed by atoms with E-state index >= 15 is 0 Å². The van der Waals surface area contributed by atoms with Gasteiger partial charge in [0.05, 0.1) is 5.92 Å². The molecule has 1 atom stereocenters. The maximum Gasteiger partial charge on any atom is 0.306 e. The van der Waals surface area contributed by atoms with Gasteiger partial charge in [-0.1, -0.05) is 30.3 Å². The molecule has 0 spiro atoms. The normalized spacial score (nSPS) is 12.3. The van der Waals surface area contributed by atoms with Crippen molar-refractivity contribution in [2.75, 3.05) is 12.0 Å². The maximum atomic E-state index is 11.0. The van der Waals surface area contributed by atoms with Gasteiger partial charge >= 0.3 is 5.97 Å². The van der Waals surface area contributed by atoms with Gasteiger partial charge in [0.25, 0.3) is 0 Å². The Bertz CT molecular complexity index is 311. The summed E-state index contributed by atoms with van der Waals surface area (Å²) in [7, 11) is 0. The first-order valence-corrected chi connectivity index (χ1v) is 6.89. The van der Waals surface area contributed by atoms with Crippen LogP contribution in [0, 0.1) is 5.92 Å². The number of aliphatic carboxylic acids is 1. The highest BCUT2D eigenvalue weighted by Crippen LogP contribution is 2.15. The number of thioether (sulfide) groups is 1. The van der Waals surface area contributed by atoms with Crippen molar-refractivity contribution in [2.24, 2.45) is 5.92 Å². The Labute approximate surface area is 101 Å². The lowest BCUT2D eigenvalue weighted by Crippen LogP contribution is -2.15. The van der Waals surface area contributed by atoms with E-state index in [0.717, 1.165) is 25.0 Å². The van der Waals surface area contributed by atoms with Crippen LogP contribution in [-0.4, -0.2) is 23.1 Å². The van der Waals surface area contributed by atoms with Gasteiger partial charge in [-0.25, -0.2) is 0 Å². The molecule has 1 rings (SSSR count). The minimum absolute atomic E-state index is 0.201. The summed E-state index contributed by atoms with van der Waals surface area (Å²) >= 11 is 1.71. The predicted molar refractivity (Wildman–Crippen MR) is 68.9 cm³/mol. The van der Waals surface area contributed by atoms with Crippen LogP contribution >= 0.6 is 11.8 Å². The van der Waals surface area contributed by atoms with Crippen LogP contribution in [-0.2, 0) is 11.2 Å². The number of carboxylic acids is 1. The second kappa shape index (κ2) is 7.34. The molecule has 1 aromatic rings.